The van der Waals surface area contributed by atoms with Gasteiger partial charge in [0.15, 0.2) is 11.5 Å². The Labute approximate surface area is 255 Å². The molecule has 0 radical (unpaired) electrons. The van der Waals surface area contributed by atoms with Gasteiger partial charge in [0.05, 0.1) is 17.1 Å². The summed E-state index contributed by atoms with van der Waals surface area (Å²) in [7, 11) is 1.42. The fourth-order valence-electron chi connectivity index (χ4n) is 3.77. The van der Waals surface area contributed by atoms with E-state index in [-0.39, 0.29) is 34.4 Å². The van der Waals surface area contributed by atoms with Crippen LogP contribution in [0.15, 0.2) is 95.0 Å². The van der Waals surface area contributed by atoms with Crippen molar-refractivity contribution in [1.29, 1.82) is 5.26 Å². The summed E-state index contributed by atoms with van der Waals surface area (Å²) in [5.41, 5.74) is 2.28. The molecule has 212 valence electrons. The van der Waals surface area contributed by atoms with Crippen LogP contribution in [0.25, 0.3) is 6.08 Å². The van der Waals surface area contributed by atoms with E-state index in [1.807, 2.05) is 30.3 Å². The number of hydrogen-bond donors (Lipinski definition) is 1. The number of nitrogens with zero attached hydrogens (tertiary/aromatic N) is 2. The lowest BCUT2D eigenvalue weighted by Gasteiger charge is -2.13. The number of nitrogens with one attached hydrogen (secondary N) is 1. The number of methoxy groups -OCH3 is 1. The molecular weight excluding hydrogens is 626 g/mol. The second-order valence-corrected chi connectivity index (χ2v) is 10.1. The molecule has 0 saturated heterocycles. The van der Waals surface area contributed by atoms with Crippen molar-refractivity contribution >= 4 is 50.9 Å². The molecule has 9 nitrogen and oxygen atoms in total. The average Bonchev–Trinajstić information content (AvgIpc) is 2.99. The molecule has 4 aromatic rings. The number of nitro groups is 1. The van der Waals surface area contributed by atoms with Gasteiger partial charge in [-0.05, 0) is 71.3 Å². The van der Waals surface area contributed by atoms with Crippen molar-refractivity contribution in [2.24, 2.45) is 0 Å². The van der Waals surface area contributed by atoms with Gasteiger partial charge in [-0.25, -0.2) is 0 Å². The van der Waals surface area contributed by atoms with E-state index in [0.717, 1.165) is 10.0 Å². The molecule has 0 unspecified atom stereocenters. The van der Waals surface area contributed by atoms with Crippen molar-refractivity contribution in [3.8, 4) is 23.3 Å². The predicted molar refractivity (Wildman–Crippen MR) is 163 cm³/mol. The number of rotatable bonds is 11. The fourth-order valence-corrected chi connectivity index (χ4v) is 4.31. The highest BCUT2D eigenvalue weighted by Crippen LogP contribution is 2.37. The first kappa shape index (κ1) is 30.1. The van der Waals surface area contributed by atoms with E-state index in [9.17, 15) is 20.2 Å². The average molecular weight is 649 g/mol. The van der Waals surface area contributed by atoms with Crippen LogP contribution in [0.1, 0.15) is 16.7 Å². The fraction of sp³-hybridized carbons (Fsp3) is 0.0968. The van der Waals surface area contributed by atoms with Gasteiger partial charge < -0.3 is 19.5 Å². The Kier molecular flexibility index (Phi) is 10.2. The molecule has 4 rings (SSSR count). The summed E-state index contributed by atoms with van der Waals surface area (Å²) in [6, 6.07) is 25.6. The molecule has 1 amide bonds. The maximum atomic E-state index is 12.8. The molecule has 4 aromatic carbocycles. The van der Waals surface area contributed by atoms with Crippen molar-refractivity contribution < 1.29 is 23.9 Å². The summed E-state index contributed by atoms with van der Waals surface area (Å²) < 4.78 is 18.0. The van der Waals surface area contributed by atoms with Crippen LogP contribution in [0.2, 0.25) is 5.02 Å². The van der Waals surface area contributed by atoms with Crippen molar-refractivity contribution in [2.45, 2.75) is 13.2 Å². The molecular formula is C31H23BrClN3O6. The number of carbonyl (C=O) groups excluding carboxylic acids is 1. The summed E-state index contributed by atoms with van der Waals surface area (Å²) in [5, 5.41) is 23.6. The molecule has 0 fully saturated rings. The van der Waals surface area contributed by atoms with Gasteiger partial charge in [-0.3, -0.25) is 14.9 Å². The van der Waals surface area contributed by atoms with Gasteiger partial charge in [0, 0.05) is 22.3 Å². The molecule has 42 heavy (non-hydrogen) atoms. The third kappa shape index (κ3) is 8.10. The third-order valence-corrected chi connectivity index (χ3v) is 6.67. The summed E-state index contributed by atoms with van der Waals surface area (Å²) in [6.07, 6.45) is 1.38. The first-order chi connectivity index (χ1) is 20.2. The highest BCUT2D eigenvalue weighted by atomic mass is 79.9. The Hall–Kier alpha value is -4.85. The lowest BCUT2D eigenvalue weighted by molar-refractivity contribution is -0.384. The smallest absolute Gasteiger partial charge is 0.269 e. The Balaban J connectivity index is 1.42. The SMILES string of the molecule is COc1cc(/C=C(\C#N)C(=O)Nc2ccc(OCc3ccc(Br)cc3)cc2)cc(Cl)c1OCc1cccc([N+](=O)[O-])c1. The van der Waals surface area contributed by atoms with Gasteiger partial charge in [0.2, 0.25) is 0 Å². The standard InChI is InChI=1S/C31H23BrClN3O6/c1-40-29-16-22(15-28(33)30(29)42-19-21-3-2-4-26(14-21)36(38)39)13-23(17-34)31(37)35-25-9-11-27(12-10-25)41-18-20-5-7-24(32)8-6-20/h2-16H,18-19H2,1H3,(H,35,37)/b23-13+. The zero-order valence-corrected chi connectivity index (χ0v) is 24.5. The summed E-state index contributed by atoms with van der Waals surface area (Å²) in [5.74, 6) is 0.493. The predicted octanol–water partition coefficient (Wildman–Crippen LogP) is 7.72. The lowest BCUT2D eigenvalue weighted by Crippen LogP contribution is -2.13. The largest absolute Gasteiger partial charge is 0.493 e. The second kappa shape index (κ2) is 14.2. The Morgan fingerprint density at radius 1 is 1.02 bits per heavy atom. The number of non-ortho nitro benzene ring substituents is 1. The number of amides is 1. The van der Waals surface area contributed by atoms with E-state index >= 15 is 0 Å². The van der Waals surface area contributed by atoms with Crippen LogP contribution in [0.3, 0.4) is 0 Å². The topological polar surface area (TPSA) is 124 Å². The van der Waals surface area contributed by atoms with Crippen LogP contribution in [0, 0.1) is 21.4 Å². The normalized spacial score (nSPS) is 10.9. The summed E-state index contributed by atoms with van der Waals surface area (Å²) >= 11 is 9.85. The van der Waals surface area contributed by atoms with Crippen molar-refractivity contribution in [1.82, 2.24) is 0 Å². The number of ether oxygens (including phenoxy) is 3. The Bertz CT molecular complexity index is 1670. The van der Waals surface area contributed by atoms with Crippen LogP contribution in [-0.4, -0.2) is 17.9 Å². The highest BCUT2D eigenvalue weighted by Gasteiger charge is 2.15. The number of benzene rings is 4. The van der Waals surface area contributed by atoms with Crippen LogP contribution in [-0.2, 0) is 18.0 Å². The molecule has 0 aliphatic heterocycles. The molecule has 0 aromatic heterocycles. The van der Waals surface area contributed by atoms with E-state index in [1.165, 1.54) is 31.4 Å². The van der Waals surface area contributed by atoms with Crippen LogP contribution >= 0.6 is 27.5 Å². The van der Waals surface area contributed by atoms with Gasteiger partial charge in [0.1, 0.15) is 30.6 Å². The van der Waals surface area contributed by atoms with E-state index in [0.29, 0.717) is 29.2 Å². The monoisotopic (exact) mass is 647 g/mol. The molecule has 0 atom stereocenters. The van der Waals surface area contributed by atoms with Crippen LogP contribution in [0.4, 0.5) is 11.4 Å². The van der Waals surface area contributed by atoms with Gasteiger partial charge in [-0.1, -0.05) is 51.8 Å². The van der Waals surface area contributed by atoms with Gasteiger partial charge in [-0.2, -0.15) is 5.26 Å². The second-order valence-electron chi connectivity index (χ2n) is 8.81. The minimum absolute atomic E-state index is 0.00681. The van der Waals surface area contributed by atoms with E-state index in [1.54, 1.807) is 42.5 Å². The van der Waals surface area contributed by atoms with E-state index in [2.05, 4.69) is 21.2 Å². The maximum absolute atomic E-state index is 12.8. The Morgan fingerprint density at radius 3 is 2.40 bits per heavy atom. The maximum Gasteiger partial charge on any atom is 0.269 e. The minimum atomic E-state index is -0.609. The summed E-state index contributed by atoms with van der Waals surface area (Å²) in [4.78, 5) is 23.4. The number of anilines is 1. The highest BCUT2D eigenvalue weighted by molar-refractivity contribution is 9.10. The van der Waals surface area contributed by atoms with Gasteiger partial charge in [0.25, 0.3) is 11.6 Å². The van der Waals surface area contributed by atoms with Crippen LogP contribution in [0.5, 0.6) is 17.2 Å². The van der Waals surface area contributed by atoms with E-state index < -0.39 is 10.8 Å². The van der Waals surface area contributed by atoms with Crippen LogP contribution < -0.4 is 19.5 Å². The molecule has 0 heterocycles. The number of nitro benzene ring substituents is 1. The molecule has 0 aliphatic carbocycles. The van der Waals surface area contributed by atoms with Gasteiger partial charge in [-0.15, -0.1) is 0 Å². The molecule has 11 heteroatoms. The van der Waals surface area contributed by atoms with E-state index in [4.69, 9.17) is 25.8 Å². The molecule has 0 saturated carbocycles. The number of carbonyl (C=O) groups is 1. The number of halogens is 2. The quantitative estimate of drug-likeness (QED) is 0.0764. The molecule has 0 spiro atoms. The number of hydrogen-bond acceptors (Lipinski definition) is 7. The molecule has 1 N–H and O–H groups in total. The lowest BCUT2D eigenvalue weighted by atomic mass is 10.1. The first-order valence-corrected chi connectivity index (χ1v) is 13.6. The van der Waals surface area contributed by atoms with Crippen molar-refractivity contribution in [3.63, 3.8) is 0 Å². The summed E-state index contributed by atoms with van der Waals surface area (Å²) in [6.45, 7) is 0.401. The first-order valence-electron chi connectivity index (χ1n) is 12.4. The van der Waals surface area contributed by atoms with Crippen molar-refractivity contribution in [3.05, 3.63) is 127 Å². The minimum Gasteiger partial charge on any atom is -0.493 e. The molecule has 0 aliphatic rings. The Morgan fingerprint density at radius 2 is 1.74 bits per heavy atom. The number of nitriles is 1. The van der Waals surface area contributed by atoms with Crippen molar-refractivity contribution in [2.75, 3.05) is 12.4 Å². The molecule has 0 bridgehead atoms. The van der Waals surface area contributed by atoms with Gasteiger partial charge >= 0.3 is 0 Å². The zero-order valence-electron chi connectivity index (χ0n) is 22.2. The zero-order chi connectivity index (χ0) is 30.1. The third-order valence-electron chi connectivity index (χ3n) is 5.86.